The molecule has 8 heteroatoms. The van der Waals surface area contributed by atoms with E-state index in [0.29, 0.717) is 5.92 Å². The molecule has 1 fully saturated rings. The van der Waals surface area contributed by atoms with E-state index in [1.807, 2.05) is 35.4 Å². The smallest absolute Gasteiger partial charge is 0.188 e. The quantitative estimate of drug-likeness (QED) is 0.361. The predicted octanol–water partition coefficient (Wildman–Crippen LogP) is 5.38. The van der Waals surface area contributed by atoms with Gasteiger partial charge < -0.3 is 10.2 Å². The maximum atomic E-state index is 4.79. The largest absolute Gasteiger partial charge is 0.316 e. The van der Waals surface area contributed by atoms with Gasteiger partial charge in [0.2, 0.25) is 0 Å². The zero-order chi connectivity index (χ0) is 22.6. The number of pyridine rings is 2. The van der Waals surface area contributed by atoms with E-state index in [0.717, 1.165) is 59.0 Å². The third-order valence-electron chi connectivity index (χ3n) is 5.96. The number of anilines is 2. The molecule has 0 amide bonds. The summed E-state index contributed by atoms with van der Waals surface area (Å²) in [4.78, 5) is 17.7. The monoisotopic (exact) mass is 461 g/mol. The van der Waals surface area contributed by atoms with E-state index < -0.39 is 0 Å². The van der Waals surface area contributed by atoms with Gasteiger partial charge in [0.05, 0.1) is 17.2 Å². The van der Waals surface area contributed by atoms with Crippen molar-refractivity contribution in [1.82, 2.24) is 29.6 Å². The molecule has 4 aromatic heterocycles. The van der Waals surface area contributed by atoms with Gasteiger partial charge in [-0.05, 0) is 69.4 Å². The molecular formula is C25H31N7S. The number of nitrogens with zero attached hydrogens (tertiary/aromatic N) is 6. The van der Waals surface area contributed by atoms with Crippen LogP contribution in [0.15, 0.2) is 43.0 Å². The molecule has 0 aromatic carbocycles. The summed E-state index contributed by atoms with van der Waals surface area (Å²) >= 11 is 1.69. The van der Waals surface area contributed by atoms with E-state index in [1.165, 1.54) is 30.8 Å². The summed E-state index contributed by atoms with van der Waals surface area (Å²) in [7, 11) is 0. The van der Waals surface area contributed by atoms with Gasteiger partial charge in [-0.3, -0.25) is 9.67 Å². The molecule has 0 radical (unpaired) electrons. The van der Waals surface area contributed by atoms with Crippen LogP contribution in [-0.4, -0.2) is 49.3 Å². The Morgan fingerprint density at radius 2 is 1.88 bits per heavy atom. The molecule has 0 atom stereocenters. The number of likely N-dealkylation sites (tertiary alicyclic amines) is 1. The average Bonchev–Trinajstić information content (AvgIpc) is 3.56. The van der Waals surface area contributed by atoms with Gasteiger partial charge in [0.25, 0.3) is 0 Å². The van der Waals surface area contributed by atoms with Gasteiger partial charge in [0.15, 0.2) is 5.13 Å². The van der Waals surface area contributed by atoms with E-state index in [4.69, 9.17) is 4.98 Å². The van der Waals surface area contributed by atoms with Crippen LogP contribution in [0.1, 0.15) is 38.0 Å². The number of thiazole rings is 1. The van der Waals surface area contributed by atoms with Gasteiger partial charge >= 0.3 is 0 Å². The second kappa shape index (κ2) is 9.97. The van der Waals surface area contributed by atoms with Crippen molar-refractivity contribution in [2.24, 2.45) is 5.92 Å². The fraction of sp³-hybridized carbons (Fsp3) is 0.440. The van der Waals surface area contributed by atoms with Crippen molar-refractivity contribution in [3.8, 4) is 11.1 Å². The zero-order valence-electron chi connectivity index (χ0n) is 19.4. The van der Waals surface area contributed by atoms with Crippen molar-refractivity contribution in [1.29, 1.82) is 0 Å². The van der Waals surface area contributed by atoms with Crippen molar-refractivity contribution in [3.63, 3.8) is 0 Å². The second-order valence-electron chi connectivity index (χ2n) is 9.21. The summed E-state index contributed by atoms with van der Waals surface area (Å²) in [5.74, 6) is 1.40. The average molecular weight is 462 g/mol. The molecule has 5 heterocycles. The summed E-state index contributed by atoms with van der Waals surface area (Å²) in [6.45, 7) is 9.04. The molecule has 1 saturated heterocycles. The fourth-order valence-electron chi connectivity index (χ4n) is 4.30. The number of hydrogen-bond donors (Lipinski definition) is 1. The molecule has 4 aromatic rings. The third-order valence-corrected chi connectivity index (χ3v) is 6.90. The molecule has 1 aliphatic rings. The van der Waals surface area contributed by atoms with E-state index in [1.54, 1.807) is 11.3 Å². The van der Waals surface area contributed by atoms with Gasteiger partial charge in [-0.2, -0.15) is 5.10 Å². The molecule has 0 bridgehead atoms. The summed E-state index contributed by atoms with van der Waals surface area (Å²) < 4.78 is 2.04. The predicted molar refractivity (Wildman–Crippen MR) is 135 cm³/mol. The van der Waals surface area contributed by atoms with Crippen molar-refractivity contribution >= 4 is 33.3 Å². The molecule has 0 spiro atoms. The van der Waals surface area contributed by atoms with Crippen LogP contribution in [0.25, 0.3) is 22.2 Å². The highest BCUT2D eigenvalue weighted by Gasteiger charge is 2.11. The topological polar surface area (TPSA) is 71.8 Å². The SMILES string of the molecule is CC(C)Cc1cnc(Nc2ccc3ncc(-c4cnn(CCCN5CCCC5)c4)cc3n2)s1. The molecule has 0 aliphatic carbocycles. The molecule has 1 aliphatic heterocycles. The first-order valence-electron chi connectivity index (χ1n) is 11.9. The van der Waals surface area contributed by atoms with Gasteiger partial charge in [0, 0.05) is 41.1 Å². The lowest BCUT2D eigenvalue weighted by Crippen LogP contribution is -2.21. The van der Waals surface area contributed by atoms with Gasteiger partial charge in [-0.1, -0.05) is 13.8 Å². The minimum atomic E-state index is 0.621. The normalized spacial score (nSPS) is 14.5. The Morgan fingerprint density at radius 1 is 1.00 bits per heavy atom. The maximum absolute atomic E-state index is 4.79. The molecule has 172 valence electrons. The van der Waals surface area contributed by atoms with Gasteiger partial charge in [-0.15, -0.1) is 11.3 Å². The van der Waals surface area contributed by atoms with Gasteiger partial charge in [-0.25, -0.2) is 9.97 Å². The summed E-state index contributed by atoms with van der Waals surface area (Å²) in [5, 5.41) is 8.78. The number of aromatic nitrogens is 5. The lowest BCUT2D eigenvalue weighted by Gasteiger charge is -2.13. The summed E-state index contributed by atoms with van der Waals surface area (Å²) in [6.07, 6.45) is 12.8. The Balaban J connectivity index is 1.26. The first kappa shape index (κ1) is 22.0. The van der Waals surface area contributed by atoms with Crippen LogP contribution in [0.2, 0.25) is 0 Å². The molecular weight excluding hydrogens is 430 g/mol. The maximum Gasteiger partial charge on any atom is 0.188 e. The first-order valence-corrected chi connectivity index (χ1v) is 12.7. The molecule has 33 heavy (non-hydrogen) atoms. The van der Waals surface area contributed by atoms with E-state index >= 15 is 0 Å². The molecule has 5 rings (SSSR count). The van der Waals surface area contributed by atoms with Crippen molar-refractivity contribution in [3.05, 3.63) is 47.9 Å². The number of aryl methyl sites for hydroxylation is 1. The minimum absolute atomic E-state index is 0.621. The summed E-state index contributed by atoms with van der Waals surface area (Å²) in [6, 6.07) is 6.04. The lowest BCUT2D eigenvalue weighted by atomic mass is 10.1. The molecule has 7 nitrogen and oxygen atoms in total. The highest BCUT2D eigenvalue weighted by molar-refractivity contribution is 7.15. The van der Waals surface area contributed by atoms with Crippen LogP contribution in [0.3, 0.4) is 0 Å². The van der Waals surface area contributed by atoms with E-state index in [-0.39, 0.29) is 0 Å². The lowest BCUT2D eigenvalue weighted by molar-refractivity contribution is 0.322. The highest BCUT2D eigenvalue weighted by Crippen LogP contribution is 2.26. The van der Waals surface area contributed by atoms with E-state index in [9.17, 15) is 0 Å². The Morgan fingerprint density at radius 3 is 2.73 bits per heavy atom. The van der Waals surface area contributed by atoms with Crippen molar-refractivity contribution < 1.29 is 0 Å². The Hall–Kier alpha value is -2.84. The molecule has 0 unspecified atom stereocenters. The van der Waals surface area contributed by atoms with Crippen molar-refractivity contribution in [2.75, 3.05) is 25.0 Å². The van der Waals surface area contributed by atoms with Crippen molar-refractivity contribution in [2.45, 2.75) is 46.1 Å². The zero-order valence-corrected chi connectivity index (χ0v) is 20.2. The molecule has 1 N–H and O–H groups in total. The minimum Gasteiger partial charge on any atom is -0.316 e. The van der Waals surface area contributed by atoms with Gasteiger partial charge in [0.1, 0.15) is 5.82 Å². The number of rotatable bonds is 9. The standard InChI is InChI=1S/C25H31N7S/c1-18(2)12-21-16-27-25(33-21)30-24-7-6-22-23(29-24)13-19(14-26-22)20-15-28-32(17-20)11-5-10-31-8-3-4-9-31/h6-7,13-18H,3-5,8-12H2,1-2H3,(H,27,29,30). The third kappa shape index (κ3) is 5.57. The molecule has 0 saturated carbocycles. The number of nitrogens with one attached hydrogen (secondary N) is 1. The van der Waals surface area contributed by atoms with Crippen LogP contribution >= 0.6 is 11.3 Å². The number of hydrogen-bond acceptors (Lipinski definition) is 7. The van der Waals surface area contributed by atoms with Crippen LogP contribution in [0, 0.1) is 5.92 Å². The van der Waals surface area contributed by atoms with Crippen LogP contribution < -0.4 is 5.32 Å². The second-order valence-corrected chi connectivity index (χ2v) is 10.3. The van der Waals surface area contributed by atoms with Crippen LogP contribution in [-0.2, 0) is 13.0 Å². The summed E-state index contributed by atoms with van der Waals surface area (Å²) in [5.41, 5.74) is 3.84. The highest BCUT2D eigenvalue weighted by atomic mass is 32.1. The van der Waals surface area contributed by atoms with Crippen LogP contribution in [0.4, 0.5) is 10.9 Å². The Bertz CT molecular complexity index is 1210. The van der Waals surface area contributed by atoms with Crippen LogP contribution in [0.5, 0.6) is 0 Å². The fourth-order valence-corrected chi connectivity index (χ4v) is 5.33. The van der Waals surface area contributed by atoms with E-state index in [2.05, 4.69) is 51.4 Å². The first-order chi connectivity index (χ1) is 16.1. The number of fused-ring (bicyclic) bond motifs is 1. The Labute approximate surface area is 198 Å². The Kier molecular flexibility index (Phi) is 6.64.